The van der Waals surface area contributed by atoms with Crippen molar-refractivity contribution in [2.45, 2.75) is 69.4 Å². The van der Waals surface area contributed by atoms with E-state index in [0.717, 1.165) is 51.7 Å². The lowest BCUT2D eigenvalue weighted by atomic mass is 9.79. The molecule has 1 saturated heterocycles. The van der Waals surface area contributed by atoms with E-state index in [9.17, 15) is 4.79 Å². The van der Waals surface area contributed by atoms with Gasteiger partial charge in [-0.15, -0.1) is 0 Å². The molecule has 0 atom stereocenters. The van der Waals surface area contributed by atoms with Gasteiger partial charge in [0.2, 0.25) is 5.91 Å². The Bertz CT molecular complexity index is 264. The SMILES string of the molecule is CC1(NC(=O)CC2(N)CCCCC2)CCOCC1. The average molecular weight is 254 g/mol. The van der Waals surface area contributed by atoms with E-state index in [1.165, 1.54) is 6.42 Å². The van der Waals surface area contributed by atoms with Crippen molar-refractivity contribution in [2.24, 2.45) is 5.73 Å². The Morgan fingerprint density at radius 2 is 1.78 bits per heavy atom. The van der Waals surface area contributed by atoms with Gasteiger partial charge in [0.1, 0.15) is 0 Å². The molecule has 0 radical (unpaired) electrons. The summed E-state index contributed by atoms with van der Waals surface area (Å²) in [6.07, 6.45) is 7.83. The van der Waals surface area contributed by atoms with Crippen LogP contribution in [0.2, 0.25) is 0 Å². The maximum absolute atomic E-state index is 12.2. The van der Waals surface area contributed by atoms with Crippen LogP contribution in [0.3, 0.4) is 0 Å². The van der Waals surface area contributed by atoms with E-state index in [2.05, 4.69) is 12.2 Å². The highest BCUT2D eigenvalue weighted by Crippen LogP contribution is 2.29. The van der Waals surface area contributed by atoms with Crippen molar-refractivity contribution < 1.29 is 9.53 Å². The van der Waals surface area contributed by atoms with Crippen molar-refractivity contribution in [3.05, 3.63) is 0 Å². The van der Waals surface area contributed by atoms with E-state index < -0.39 is 0 Å². The molecule has 4 heteroatoms. The van der Waals surface area contributed by atoms with Crippen LogP contribution in [0.15, 0.2) is 0 Å². The van der Waals surface area contributed by atoms with E-state index in [0.29, 0.717) is 6.42 Å². The largest absolute Gasteiger partial charge is 0.381 e. The molecule has 2 aliphatic rings. The third-order valence-electron chi connectivity index (χ3n) is 4.40. The molecule has 0 aromatic carbocycles. The van der Waals surface area contributed by atoms with Gasteiger partial charge in [-0.05, 0) is 32.6 Å². The summed E-state index contributed by atoms with van der Waals surface area (Å²) in [4.78, 5) is 12.2. The molecule has 0 aromatic rings. The predicted octanol–water partition coefficient (Wildman–Crippen LogP) is 1.72. The van der Waals surface area contributed by atoms with Gasteiger partial charge in [0.05, 0.1) is 0 Å². The average Bonchev–Trinajstić information content (AvgIpc) is 2.29. The van der Waals surface area contributed by atoms with E-state index in [1.807, 2.05) is 0 Å². The van der Waals surface area contributed by atoms with Crippen molar-refractivity contribution in [3.8, 4) is 0 Å². The number of carbonyl (C=O) groups is 1. The first-order valence-electron chi connectivity index (χ1n) is 7.19. The Labute approximate surface area is 110 Å². The molecule has 1 amide bonds. The number of hydrogen-bond donors (Lipinski definition) is 2. The lowest BCUT2D eigenvalue weighted by Gasteiger charge is -2.37. The molecule has 1 aliphatic heterocycles. The van der Waals surface area contributed by atoms with Crippen LogP contribution in [0.4, 0.5) is 0 Å². The summed E-state index contributed by atoms with van der Waals surface area (Å²) in [5.74, 6) is 0.115. The maximum atomic E-state index is 12.2. The monoisotopic (exact) mass is 254 g/mol. The minimum absolute atomic E-state index is 0.0969. The van der Waals surface area contributed by atoms with Gasteiger partial charge in [0, 0.05) is 30.7 Å². The van der Waals surface area contributed by atoms with Crippen LogP contribution in [0.25, 0.3) is 0 Å². The van der Waals surface area contributed by atoms with E-state index in [-0.39, 0.29) is 17.0 Å². The second-order valence-electron chi connectivity index (χ2n) is 6.32. The molecule has 3 N–H and O–H groups in total. The minimum Gasteiger partial charge on any atom is -0.381 e. The summed E-state index contributed by atoms with van der Waals surface area (Å²) in [5.41, 5.74) is 5.97. The topological polar surface area (TPSA) is 64.4 Å². The molecule has 18 heavy (non-hydrogen) atoms. The summed E-state index contributed by atoms with van der Waals surface area (Å²) in [6.45, 7) is 3.59. The quantitative estimate of drug-likeness (QED) is 0.806. The third kappa shape index (κ3) is 3.69. The van der Waals surface area contributed by atoms with Crippen LogP contribution < -0.4 is 11.1 Å². The summed E-state index contributed by atoms with van der Waals surface area (Å²) in [5, 5.41) is 3.17. The molecule has 4 nitrogen and oxygen atoms in total. The highest BCUT2D eigenvalue weighted by Gasteiger charge is 2.34. The van der Waals surface area contributed by atoms with Crippen LogP contribution in [0.1, 0.15) is 58.3 Å². The van der Waals surface area contributed by atoms with Crippen LogP contribution in [-0.4, -0.2) is 30.2 Å². The molecule has 2 rings (SSSR count). The van der Waals surface area contributed by atoms with Gasteiger partial charge in [-0.3, -0.25) is 4.79 Å². The molecule has 1 saturated carbocycles. The van der Waals surface area contributed by atoms with Crippen LogP contribution in [-0.2, 0) is 9.53 Å². The minimum atomic E-state index is -0.260. The van der Waals surface area contributed by atoms with Crippen molar-refractivity contribution in [1.29, 1.82) is 0 Å². The van der Waals surface area contributed by atoms with Crippen LogP contribution in [0, 0.1) is 0 Å². The van der Waals surface area contributed by atoms with Gasteiger partial charge in [0.15, 0.2) is 0 Å². The summed E-state index contributed by atoms with van der Waals surface area (Å²) < 4.78 is 5.34. The zero-order chi connectivity index (χ0) is 13.1. The number of carbonyl (C=O) groups excluding carboxylic acids is 1. The highest BCUT2D eigenvalue weighted by molar-refractivity contribution is 5.78. The fourth-order valence-corrected chi connectivity index (χ4v) is 3.08. The van der Waals surface area contributed by atoms with Gasteiger partial charge in [-0.25, -0.2) is 0 Å². The highest BCUT2D eigenvalue weighted by atomic mass is 16.5. The first-order valence-corrected chi connectivity index (χ1v) is 7.19. The summed E-state index contributed by atoms with van der Waals surface area (Å²) in [7, 11) is 0. The fraction of sp³-hybridized carbons (Fsp3) is 0.929. The number of nitrogens with one attached hydrogen (secondary N) is 1. The third-order valence-corrected chi connectivity index (χ3v) is 4.40. The molecule has 104 valence electrons. The molecule has 2 fully saturated rings. The summed E-state index contributed by atoms with van der Waals surface area (Å²) >= 11 is 0. The number of amides is 1. The second-order valence-corrected chi connectivity index (χ2v) is 6.32. The summed E-state index contributed by atoms with van der Waals surface area (Å²) in [6, 6.07) is 0. The molecule has 0 unspecified atom stereocenters. The molecule has 0 aromatic heterocycles. The predicted molar refractivity (Wildman–Crippen MR) is 71.2 cm³/mol. The Kier molecular flexibility index (Phi) is 4.28. The fourth-order valence-electron chi connectivity index (χ4n) is 3.08. The van der Waals surface area contributed by atoms with Crippen molar-refractivity contribution in [3.63, 3.8) is 0 Å². The van der Waals surface area contributed by atoms with Crippen LogP contribution >= 0.6 is 0 Å². The molecular formula is C14H26N2O2. The Morgan fingerprint density at radius 3 is 2.39 bits per heavy atom. The number of nitrogens with two attached hydrogens (primary N) is 1. The zero-order valence-electron chi connectivity index (χ0n) is 11.5. The van der Waals surface area contributed by atoms with E-state index >= 15 is 0 Å². The Morgan fingerprint density at radius 1 is 1.17 bits per heavy atom. The molecule has 0 bridgehead atoms. The zero-order valence-corrected chi connectivity index (χ0v) is 11.5. The molecule has 1 heterocycles. The van der Waals surface area contributed by atoms with Gasteiger partial charge >= 0.3 is 0 Å². The van der Waals surface area contributed by atoms with Crippen molar-refractivity contribution in [2.75, 3.05) is 13.2 Å². The first kappa shape index (κ1) is 13.8. The van der Waals surface area contributed by atoms with Gasteiger partial charge < -0.3 is 15.8 Å². The van der Waals surface area contributed by atoms with Gasteiger partial charge in [0.25, 0.3) is 0 Å². The maximum Gasteiger partial charge on any atom is 0.222 e. The van der Waals surface area contributed by atoms with E-state index in [1.54, 1.807) is 0 Å². The van der Waals surface area contributed by atoms with E-state index in [4.69, 9.17) is 10.5 Å². The molecular weight excluding hydrogens is 228 g/mol. The van der Waals surface area contributed by atoms with Crippen LogP contribution in [0.5, 0.6) is 0 Å². The Balaban J connectivity index is 1.83. The smallest absolute Gasteiger partial charge is 0.222 e. The second kappa shape index (κ2) is 5.57. The van der Waals surface area contributed by atoms with Gasteiger partial charge in [-0.2, -0.15) is 0 Å². The lowest BCUT2D eigenvalue weighted by molar-refractivity contribution is -0.125. The number of hydrogen-bond acceptors (Lipinski definition) is 3. The lowest BCUT2D eigenvalue weighted by Crippen LogP contribution is -2.53. The van der Waals surface area contributed by atoms with Gasteiger partial charge in [-0.1, -0.05) is 19.3 Å². The number of ether oxygens (including phenoxy) is 1. The first-order chi connectivity index (χ1) is 8.52. The van der Waals surface area contributed by atoms with Crippen molar-refractivity contribution >= 4 is 5.91 Å². The Hall–Kier alpha value is -0.610. The molecule has 0 spiro atoms. The van der Waals surface area contributed by atoms with Crippen molar-refractivity contribution in [1.82, 2.24) is 5.32 Å². The molecule has 1 aliphatic carbocycles. The standard InChI is InChI=1S/C14H26N2O2/c1-13(7-9-18-10-8-13)16-12(17)11-14(15)5-3-2-4-6-14/h2-11,15H2,1H3,(H,16,17). The normalized spacial score (nSPS) is 26.6. The number of rotatable bonds is 3.